The van der Waals surface area contributed by atoms with Crippen LogP contribution in [0.3, 0.4) is 0 Å². The van der Waals surface area contributed by atoms with E-state index in [-0.39, 0.29) is 56.4 Å². The quantitative estimate of drug-likeness (QED) is 0.599. The summed E-state index contributed by atoms with van der Waals surface area (Å²) in [6.45, 7) is 3.53. The molecular formula is C20H31N5O5. The number of nitrogens with one attached hydrogen (secondary N) is 2. The maximum Gasteiger partial charge on any atom is 0.317 e. The topological polar surface area (TPSA) is 126 Å². The average molecular weight is 421 g/mol. The van der Waals surface area contributed by atoms with E-state index >= 15 is 0 Å². The number of rotatable bonds is 6. The Kier molecular flexibility index (Phi) is 8.35. The first kappa shape index (κ1) is 22.4. The van der Waals surface area contributed by atoms with E-state index < -0.39 is 6.10 Å². The Balaban J connectivity index is 1.55. The molecule has 0 bridgehead atoms. The average Bonchev–Trinajstić information content (AvgIpc) is 2.74. The van der Waals surface area contributed by atoms with Gasteiger partial charge in [-0.3, -0.25) is 4.79 Å². The van der Waals surface area contributed by atoms with Crippen LogP contribution in [0.1, 0.15) is 38.3 Å². The molecule has 2 aliphatic heterocycles. The molecule has 166 valence electrons. The summed E-state index contributed by atoms with van der Waals surface area (Å²) in [6.07, 6.45) is 4.17. The van der Waals surface area contributed by atoms with E-state index in [9.17, 15) is 14.7 Å². The SMILES string of the molecule is CCCNC(=O)N1C[C@@H](O)COC[C@H]2O[C@@H](CC(=O)NCc3ccncn3)CC[C@@H]21. The van der Waals surface area contributed by atoms with Crippen molar-refractivity contribution in [2.75, 3.05) is 26.3 Å². The van der Waals surface area contributed by atoms with Gasteiger partial charge in [0, 0.05) is 12.7 Å². The number of amides is 3. The Labute approximate surface area is 176 Å². The summed E-state index contributed by atoms with van der Waals surface area (Å²) in [6, 6.07) is 1.36. The third-order valence-electron chi connectivity index (χ3n) is 5.29. The second-order valence-corrected chi connectivity index (χ2v) is 7.70. The predicted molar refractivity (Wildman–Crippen MR) is 107 cm³/mol. The number of fused-ring (bicyclic) bond motifs is 1. The van der Waals surface area contributed by atoms with E-state index in [1.165, 1.54) is 6.33 Å². The minimum atomic E-state index is -0.733. The van der Waals surface area contributed by atoms with Gasteiger partial charge in [0.1, 0.15) is 12.4 Å². The van der Waals surface area contributed by atoms with Gasteiger partial charge in [-0.2, -0.15) is 0 Å². The van der Waals surface area contributed by atoms with Crippen LogP contribution in [0, 0.1) is 0 Å². The second-order valence-electron chi connectivity index (χ2n) is 7.70. The monoisotopic (exact) mass is 421 g/mol. The molecule has 1 aromatic heterocycles. The van der Waals surface area contributed by atoms with Crippen molar-refractivity contribution < 1.29 is 24.2 Å². The molecule has 30 heavy (non-hydrogen) atoms. The van der Waals surface area contributed by atoms with Crippen LogP contribution in [0.15, 0.2) is 18.6 Å². The number of aliphatic hydroxyl groups excluding tert-OH is 1. The molecule has 2 aliphatic rings. The van der Waals surface area contributed by atoms with Crippen LogP contribution in [0.2, 0.25) is 0 Å². The minimum absolute atomic E-state index is 0.114. The number of carbonyl (C=O) groups excluding carboxylic acids is 2. The Morgan fingerprint density at radius 3 is 2.93 bits per heavy atom. The van der Waals surface area contributed by atoms with Crippen LogP contribution in [0.25, 0.3) is 0 Å². The highest BCUT2D eigenvalue weighted by Crippen LogP contribution is 2.27. The predicted octanol–water partition coefficient (Wildman–Crippen LogP) is 0.212. The fourth-order valence-electron chi connectivity index (χ4n) is 3.80. The molecule has 3 N–H and O–H groups in total. The molecule has 0 spiro atoms. The molecule has 4 atom stereocenters. The van der Waals surface area contributed by atoms with Crippen LogP contribution >= 0.6 is 0 Å². The normalized spacial score (nSPS) is 26.8. The van der Waals surface area contributed by atoms with Gasteiger partial charge in [0.05, 0.1) is 56.7 Å². The van der Waals surface area contributed by atoms with Crippen LogP contribution in [-0.4, -0.2) is 82.6 Å². The van der Waals surface area contributed by atoms with Crippen molar-refractivity contribution in [3.8, 4) is 0 Å². The van der Waals surface area contributed by atoms with Gasteiger partial charge in [-0.05, 0) is 25.3 Å². The third-order valence-corrected chi connectivity index (χ3v) is 5.29. The van der Waals surface area contributed by atoms with Gasteiger partial charge in [-0.1, -0.05) is 6.92 Å². The van der Waals surface area contributed by atoms with E-state index in [4.69, 9.17) is 9.47 Å². The van der Waals surface area contributed by atoms with Gasteiger partial charge in [-0.25, -0.2) is 14.8 Å². The Hall–Kier alpha value is -2.30. The maximum atomic E-state index is 12.6. The number of ether oxygens (including phenoxy) is 2. The van der Waals surface area contributed by atoms with E-state index in [1.54, 1.807) is 17.2 Å². The van der Waals surface area contributed by atoms with Crippen molar-refractivity contribution in [2.45, 2.75) is 63.5 Å². The van der Waals surface area contributed by atoms with Crippen molar-refractivity contribution in [2.24, 2.45) is 0 Å². The summed E-state index contributed by atoms with van der Waals surface area (Å²) in [5.74, 6) is -0.114. The number of aromatic nitrogens is 2. The lowest BCUT2D eigenvalue weighted by Gasteiger charge is -2.44. The standard InChI is InChI=1S/C20H31N5O5/c1-2-6-22-20(28)25-10-15(26)11-29-12-18-17(25)4-3-16(30-18)8-19(27)23-9-14-5-7-21-13-24-14/h5,7,13,15-18,26H,2-4,6,8-12H2,1H3,(H,22,28)(H,23,27)/t15-,16-,17+,18-/m1/s1. The number of urea groups is 1. The maximum absolute atomic E-state index is 12.6. The Morgan fingerprint density at radius 2 is 2.17 bits per heavy atom. The van der Waals surface area contributed by atoms with E-state index in [2.05, 4.69) is 20.6 Å². The lowest BCUT2D eigenvalue weighted by atomic mass is 9.95. The molecule has 1 aromatic rings. The molecule has 3 rings (SSSR count). The van der Waals surface area contributed by atoms with Gasteiger partial charge in [0.2, 0.25) is 5.91 Å². The highest BCUT2D eigenvalue weighted by atomic mass is 16.5. The number of aliphatic hydroxyl groups is 1. The highest BCUT2D eigenvalue weighted by molar-refractivity contribution is 5.76. The second kappa shape index (κ2) is 11.2. The first-order chi connectivity index (χ1) is 14.6. The summed E-state index contributed by atoms with van der Waals surface area (Å²) >= 11 is 0. The number of nitrogens with zero attached hydrogens (tertiary/aromatic N) is 3. The summed E-state index contributed by atoms with van der Waals surface area (Å²) in [7, 11) is 0. The Morgan fingerprint density at radius 1 is 1.30 bits per heavy atom. The lowest BCUT2D eigenvalue weighted by Crippen LogP contribution is -2.59. The van der Waals surface area contributed by atoms with Crippen LogP contribution in [0.4, 0.5) is 4.79 Å². The number of hydrogen-bond donors (Lipinski definition) is 3. The van der Waals surface area contributed by atoms with Gasteiger partial charge in [0.25, 0.3) is 0 Å². The van der Waals surface area contributed by atoms with Crippen molar-refractivity contribution in [3.63, 3.8) is 0 Å². The van der Waals surface area contributed by atoms with E-state index in [1.807, 2.05) is 6.92 Å². The van der Waals surface area contributed by atoms with Gasteiger partial charge >= 0.3 is 6.03 Å². The molecule has 10 nitrogen and oxygen atoms in total. The molecule has 10 heteroatoms. The van der Waals surface area contributed by atoms with Crippen molar-refractivity contribution in [1.82, 2.24) is 25.5 Å². The van der Waals surface area contributed by atoms with E-state index in [0.29, 0.717) is 25.9 Å². The zero-order chi connectivity index (χ0) is 21.3. The number of carbonyl (C=O) groups is 2. The first-order valence-electron chi connectivity index (χ1n) is 10.5. The molecule has 0 radical (unpaired) electrons. The molecule has 3 amide bonds. The lowest BCUT2D eigenvalue weighted by molar-refractivity contribution is -0.150. The van der Waals surface area contributed by atoms with Crippen LogP contribution in [0.5, 0.6) is 0 Å². The largest absolute Gasteiger partial charge is 0.389 e. The first-order valence-corrected chi connectivity index (χ1v) is 10.5. The van der Waals surface area contributed by atoms with Crippen LogP contribution in [-0.2, 0) is 20.8 Å². The smallest absolute Gasteiger partial charge is 0.317 e. The third kappa shape index (κ3) is 6.35. The summed E-state index contributed by atoms with van der Waals surface area (Å²) in [4.78, 5) is 34.6. The fourth-order valence-corrected chi connectivity index (χ4v) is 3.80. The minimum Gasteiger partial charge on any atom is -0.389 e. The summed E-state index contributed by atoms with van der Waals surface area (Å²) < 4.78 is 11.7. The van der Waals surface area contributed by atoms with Crippen molar-refractivity contribution in [3.05, 3.63) is 24.3 Å². The van der Waals surface area contributed by atoms with Crippen LogP contribution < -0.4 is 10.6 Å². The van der Waals surface area contributed by atoms with Gasteiger partial charge in [-0.15, -0.1) is 0 Å². The highest BCUT2D eigenvalue weighted by Gasteiger charge is 2.39. The molecule has 3 heterocycles. The molecular weight excluding hydrogens is 390 g/mol. The Bertz CT molecular complexity index is 691. The number of hydrogen-bond acceptors (Lipinski definition) is 7. The molecule has 0 aliphatic carbocycles. The van der Waals surface area contributed by atoms with Crippen molar-refractivity contribution >= 4 is 11.9 Å². The molecule has 0 unspecified atom stereocenters. The molecule has 0 aromatic carbocycles. The van der Waals surface area contributed by atoms with E-state index in [0.717, 1.165) is 12.1 Å². The van der Waals surface area contributed by atoms with Crippen molar-refractivity contribution in [1.29, 1.82) is 0 Å². The molecule has 0 saturated carbocycles. The zero-order valence-electron chi connectivity index (χ0n) is 17.3. The summed E-state index contributed by atoms with van der Waals surface area (Å²) in [5.41, 5.74) is 0.740. The zero-order valence-corrected chi connectivity index (χ0v) is 17.3. The summed E-state index contributed by atoms with van der Waals surface area (Å²) in [5, 5.41) is 15.9. The number of β-amino-alcohol motifs (C(OH)–C–C–N with tert-alkyl or cyclic N) is 1. The van der Waals surface area contributed by atoms with Gasteiger partial charge in [0.15, 0.2) is 0 Å². The molecule has 2 fully saturated rings. The van der Waals surface area contributed by atoms with Gasteiger partial charge < -0.3 is 30.1 Å². The molecule has 2 saturated heterocycles. The fraction of sp³-hybridized carbons (Fsp3) is 0.700.